The Kier molecular flexibility index (Phi) is 4.09. The van der Waals surface area contributed by atoms with E-state index in [9.17, 15) is 8.42 Å². The first kappa shape index (κ1) is 13.6. The molecule has 1 atom stereocenters. The highest BCUT2D eigenvalue weighted by atomic mass is 35.5. The molecule has 2 heterocycles. The molecule has 0 amide bonds. The van der Waals surface area contributed by atoms with Crippen LogP contribution < -0.4 is 4.72 Å². The number of aromatic nitrogens is 1. The third kappa shape index (κ3) is 3.34. The molecule has 100 valence electrons. The third-order valence-electron chi connectivity index (χ3n) is 2.93. The number of hydrogen-bond acceptors (Lipinski definition) is 3. The lowest BCUT2D eigenvalue weighted by Crippen LogP contribution is -2.42. The Balaban J connectivity index is 2.09. The molecule has 0 unspecified atom stereocenters. The molecule has 18 heavy (non-hydrogen) atoms. The van der Waals surface area contributed by atoms with E-state index in [0.717, 1.165) is 12.8 Å². The average Bonchev–Trinajstić information content (AvgIpc) is 2.32. The predicted octanol–water partition coefficient (Wildman–Crippen LogP) is 2.12. The maximum atomic E-state index is 12.1. The summed E-state index contributed by atoms with van der Waals surface area (Å²) >= 11 is 5.65. The highest BCUT2D eigenvalue weighted by molar-refractivity contribution is 7.90. The van der Waals surface area contributed by atoms with E-state index in [2.05, 4.69) is 16.6 Å². The number of nitrogens with one attached hydrogen (secondary N) is 1. The van der Waals surface area contributed by atoms with Gasteiger partial charge in [0.05, 0.1) is 11.9 Å². The third-order valence-corrected chi connectivity index (χ3v) is 4.66. The molecule has 1 saturated heterocycles. The molecule has 0 saturated carbocycles. The first-order valence-corrected chi connectivity index (χ1v) is 7.68. The molecule has 1 aliphatic rings. The Morgan fingerprint density at radius 1 is 1.50 bits per heavy atom. The van der Waals surface area contributed by atoms with Crippen LogP contribution in [0.2, 0.25) is 5.15 Å². The van der Waals surface area contributed by atoms with Gasteiger partial charge < -0.3 is 0 Å². The van der Waals surface area contributed by atoms with E-state index in [1.807, 2.05) is 0 Å². The molecule has 1 N–H and O–H groups in total. The second-order valence-electron chi connectivity index (χ2n) is 4.58. The molecular weight excluding hydrogens is 274 g/mol. The van der Waals surface area contributed by atoms with E-state index in [1.165, 1.54) is 10.5 Å². The van der Waals surface area contributed by atoms with Crippen LogP contribution in [0.4, 0.5) is 5.69 Å². The van der Waals surface area contributed by atoms with Gasteiger partial charge in [-0.3, -0.25) is 4.72 Å². The van der Waals surface area contributed by atoms with Crippen LogP contribution in [0, 0.1) is 5.92 Å². The van der Waals surface area contributed by atoms with Gasteiger partial charge in [-0.05, 0) is 30.9 Å². The van der Waals surface area contributed by atoms with E-state index in [1.54, 1.807) is 12.1 Å². The molecule has 1 aromatic rings. The van der Waals surface area contributed by atoms with Crippen LogP contribution in [-0.4, -0.2) is 30.8 Å². The zero-order valence-corrected chi connectivity index (χ0v) is 11.7. The van der Waals surface area contributed by atoms with Crippen LogP contribution in [0.3, 0.4) is 0 Å². The van der Waals surface area contributed by atoms with Crippen LogP contribution >= 0.6 is 11.6 Å². The number of nitrogens with zero attached hydrogens (tertiary/aromatic N) is 2. The topological polar surface area (TPSA) is 62.3 Å². The highest BCUT2D eigenvalue weighted by Gasteiger charge is 2.26. The first-order valence-electron chi connectivity index (χ1n) is 5.87. The van der Waals surface area contributed by atoms with Crippen molar-refractivity contribution in [1.82, 2.24) is 9.29 Å². The lowest BCUT2D eigenvalue weighted by atomic mass is 10.0. The summed E-state index contributed by atoms with van der Waals surface area (Å²) < 4.78 is 28.3. The van der Waals surface area contributed by atoms with Crippen LogP contribution in [-0.2, 0) is 10.2 Å². The molecular formula is C11H16ClN3O2S. The van der Waals surface area contributed by atoms with Gasteiger partial charge in [0.2, 0.25) is 0 Å². The van der Waals surface area contributed by atoms with Crippen molar-refractivity contribution in [3.63, 3.8) is 0 Å². The number of hydrogen-bond donors (Lipinski definition) is 1. The number of anilines is 1. The summed E-state index contributed by atoms with van der Waals surface area (Å²) in [5, 5.41) is 0.338. The van der Waals surface area contributed by atoms with Gasteiger partial charge in [-0.1, -0.05) is 18.5 Å². The Bertz CT molecular complexity index is 504. The summed E-state index contributed by atoms with van der Waals surface area (Å²) in [5.41, 5.74) is 0.428. The van der Waals surface area contributed by atoms with Crippen LogP contribution in [0.25, 0.3) is 0 Å². The van der Waals surface area contributed by atoms with Gasteiger partial charge in [0.15, 0.2) is 0 Å². The Morgan fingerprint density at radius 2 is 2.28 bits per heavy atom. The fourth-order valence-corrected chi connectivity index (χ4v) is 3.49. The van der Waals surface area contributed by atoms with E-state index in [0.29, 0.717) is 29.8 Å². The molecule has 5 nitrogen and oxygen atoms in total. The van der Waals surface area contributed by atoms with Crippen LogP contribution in [0.15, 0.2) is 18.3 Å². The fraction of sp³-hybridized carbons (Fsp3) is 0.545. The number of rotatable bonds is 3. The quantitative estimate of drug-likeness (QED) is 0.867. The second-order valence-corrected chi connectivity index (χ2v) is 6.64. The maximum Gasteiger partial charge on any atom is 0.301 e. The Labute approximate surface area is 112 Å². The molecule has 1 fully saturated rings. The van der Waals surface area contributed by atoms with Gasteiger partial charge in [-0.2, -0.15) is 12.7 Å². The summed E-state index contributed by atoms with van der Waals surface area (Å²) in [6.07, 6.45) is 3.39. The number of piperidine rings is 1. The molecule has 0 aromatic carbocycles. The van der Waals surface area contributed by atoms with Crippen molar-refractivity contribution in [1.29, 1.82) is 0 Å². The molecule has 2 rings (SSSR count). The summed E-state index contributed by atoms with van der Waals surface area (Å²) in [6.45, 7) is 3.20. The van der Waals surface area contributed by atoms with Gasteiger partial charge in [-0.25, -0.2) is 4.98 Å². The molecule has 1 aliphatic heterocycles. The molecule has 0 aliphatic carbocycles. The van der Waals surface area contributed by atoms with E-state index in [4.69, 9.17) is 11.6 Å². The SMILES string of the molecule is C[C@H]1CCCN(S(=O)(=O)Nc2ccc(Cl)nc2)C1. The first-order chi connectivity index (χ1) is 8.47. The molecule has 1 aromatic heterocycles. The lowest BCUT2D eigenvalue weighted by molar-refractivity contribution is 0.282. The van der Waals surface area contributed by atoms with Gasteiger partial charge in [0.25, 0.3) is 0 Å². The van der Waals surface area contributed by atoms with Crippen molar-refractivity contribution in [3.8, 4) is 0 Å². The van der Waals surface area contributed by atoms with Crippen LogP contribution in [0.5, 0.6) is 0 Å². The standard InChI is InChI=1S/C11H16ClN3O2S/c1-9-3-2-6-15(8-9)18(16,17)14-10-4-5-11(12)13-7-10/h4-5,7,9,14H,2-3,6,8H2,1H3/t9-/m0/s1. The number of halogens is 1. The molecule has 7 heteroatoms. The van der Waals surface area contributed by atoms with E-state index in [-0.39, 0.29) is 0 Å². The Morgan fingerprint density at radius 3 is 2.89 bits per heavy atom. The van der Waals surface area contributed by atoms with Gasteiger partial charge in [-0.15, -0.1) is 0 Å². The highest BCUT2D eigenvalue weighted by Crippen LogP contribution is 2.20. The average molecular weight is 290 g/mol. The Hall–Kier alpha value is -0.850. The molecule has 0 spiro atoms. The minimum atomic E-state index is -3.48. The van der Waals surface area contributed by atoms with Crippen molar-refractivity contribution >= 4 is 27.5 Å². The number of pyridine rings is 1. The van der Waals surface area contributed by atoms with Gasteiger partial charge in [0.1, 0.15) is 5.15 Å². The fourth-order valence-electron chi connectivity index (χ4n) is 2.01. The molecule has 0 bridgehead atoms. The summed E-state index contributed by atoms with van der Waals surface area (Å²) in [7, 11) is -3.48. The van der Waals surface area contributed by atoms with Crippen molar-refractivity contribution in [3.05, 3.63) is 23.5 Å². The largest absolute Gasteiger partial charge is 0.301 e. The van der Waals surface area contributed by atoms with Crippen molar-refractivity contribution in [2.45, 2.75) is 19.8 Å². The van der Waals surface area contributed by atoms with Crippen LogP contribution in [0.1, 0.15) is 19.8 Å². The van der Waals surface area contributed by atoms with E-state index < -0.39 is 10.2 Å². The zero-order chi connectivity index (χ0) is 13.2. The van der Waals surface area contributed by atoms with Gasteiger partial charge >= 0.3 is 10.2 Å². The smallest absolute Gasteiger partial charge is 0.269 e. The summed E-state index contributed by atoms with van der Waals surface area (Å²) in [5.74, 6) is 0.402. The van der Waals surface area contributed by atoms with Crippen molar-refractivity contribution < 1.29 is 8.42 Å². The lowest BCUT2D eigenvalue weighted by Gasteiger charge is -2.30. The zero-order valence-electron chi connectivity index (χ0n) is 10.1. The monoisotopic (exact) mass is 289 g/mol. The minimum absolute atomic E-state index is 0.338. The predicted molar refractivity (Wildman–Crippen MR) is 71.8 cm³/mol. The van der Waals surface area contributed by atoms with Crippen molar-refractivity contribution in [2.24, 2.45) is 5.92 Å². The van der Waals surface area contributed by atoms with Crippen molar-refractivity contribution in [2.75, 3.05) is 17.8 Å². The summed E-state index contributed by atoms with van der Waals surface area (Å²) in [6, 6.07) is 3.15. The maximum absolute atomic E-state index is 12.1. The minimum Gasteiger partial charge on any atom is -0.269 e. The van der Waals surface area contributed by atoms with E-state index >= 15 is 0 Å². The second kappa shape index (κ2) is 5.42. The summed E-state index contributed by atoms with van der Waals surface area (Å²) in [4.78, 5) is 3.84. The van der Waals surface area contributed by atoms with Gasteiger partial charge in [0, 0.05) is 13.1 Å². The normalized spacial score (nSPS) is 21.8. The molecule has 0 radical (unpaired) electrons.